The fraction of sp³-hybridized carbons (Fsp3) is 0.538. The number of hydrogen-bond donors (Lipinski definition) is 1. The average Bonchev–Trinajstić information content (AvgIpc) is 3.42. The van der Waals surface area contributed by atoms with Crippen molar-refractivity contribution in [1.29, 1.82) is 0 Å². The zero-order valence-corrected chi connectivity index (χ0v) is 20.1. The first-order valence-corrected chi connectivity index (χ1v) is 12.6. The highest BCUT2D eigenvalue weighted by atomic mass is 19.4. The van der Waals surface area contributed by atoms with Gasteiger partial charge in [-0.1, -0.05) is 6.42 Å². The largest absolute Gasteiger partial charge is 0.459 e. The number of anilines is 1. The van der Waals surface area contributed by atoms with E-state index in [2.05, 4.69) is 10.2 Å². The molecular formula is C26H31F3N4O3. The summed E-state index contributed by atoms with van der Waals surface area (Å²) in [7, 11) is 0. The number of likely N-dealkylation sites (tertiary alicyclic amines) is 1. The number of benzene rings is 1. The predicted molar refractivity (Wildman–Crippen MR) is 128 cm³/mol. The zero-order chi connectivity index (χ0) is 25.3. The highest BCUT2D eigenvalue weighted by molar-refractivity contribution is 5.92. The smallest absolute Gasteiger partial charge is 0.416 e. The lowest BCUT2D eigenvalue weighted by molar-refractivity contribution is -0.137. The van der Waals surface area contributed by atoms with Crippen LogP contribution in [0.25, 0.3) is 0 Å². The maximum absolute atomic E-state index is 13.4. The summed E-state index contributed by atoms with van der Waals surface area (Å²) < 4.78 is 45.5. The van der Waals surface area contributed by atoms with Crippen molar-refractivity contribution in [2.45, 2.75) is 37.9 Å². The number of fused-ring (bicyclic) bond motifs is 3. The van der Waals surface area contributed by atoms with Gasteiger partial charge in [0.25, 0.3) is 5.91 Å². The molecule has 194 valence electrons. The third-order valence-electron chi connectivity index (χ3n) is 7.57. The number of nitrogens with one attached hydrogen (secondary N) is 1. The summed E-state index contributed by atoms with van der Waals surface area (Å²) in [6.45, 7) is 4.40. The van der Waals surface area contributed by atoms with E-state index in [1.807, 2.05) is 4.90 Å². The molecule has 0 saturated carbocycles. The molecule has 7 nitrogen and oxygen atoms in total. The second kappa shape index (κ2) is 10.2. The molecule has 0 bridgehead atoms. The lowest BCUT2D eigenvalue weighted by Crippen LogP contribution is -2.62. The number of piperidine rings is 1. The molecule has 3 aliphatic heterocycles. The molecule has 1 aromatic carbocycles. The van der Waals surface area contributed by atoms with Crippen LogP contribution in [0, 0.1) is 5.92 Å². The predicted octanol–water partition coefficient (Wildman–Crippen LogP) is 3.40. The maximum atomic E-state index is 13.4. The first kappa shape index (κ1) is 24.7. The second-order valence-electron chi connectivity index (χ2n) is 9.83. The van der Waals surface area contributed by atoms with Crippen LogP contribution >= 0.6 is 0 Å². The molecular weight excluding hydrogens is 473 g/mol. The summed E-state index contributed by atoms with van der Waals surface area (Å²) in [5, 5.41) is 3.03. The Labute approximate surface area is 208 Å². The van der Waals surface area contributed by atoms with Gasteiger partial charge in [0.1, 0.15) is 0 Å². The summed E-state index contributed by atoms with van der Waals surface area (Å²) in [6, 6.07) is 6.68. The van der Waals surface area contributed by atoms with E-state index in [1.165, 1.54) is 24.8 Å². The minimum Gasteiger partial charge on any atom is -0.459 e. The van der Waals surface area contributed by atoms with Gasteiger partial charge in [-0.15, -0.1) is 0 Å². The number of carbonyl (C=O) groups is 2. The number of rotatable bonds is 5. The van der Waals surface area contributed by atoms with Crippen LogP contribution in [0.4, 0.5) is 18.9 Å². The third-order valence-corrected chi connectivity index (χ3v) is 7.57. The standard InChI is InChI=1S/C26H31F3N4O3/c27-26(28,29)19-6-7-21-18(15-19)16-20(24(34)30-8-11-31-9-2-1-3-10-31)22-17-32(12-13-33(21)22)25(35)23-5-4-14-36-23/h4-7,14-15,20,22H,1-3,8-13,16-17H2,(H,30,34). The molecule has 2 saturated heterocycles. The van der Waals surface area contributed by atoms with Crippen molar-refractivity contribution in [3.05, 3.63) is 53.5 Å². The first-order chi connectivity index (χ1) is 17.3. The fourth-order valence-electron chi connectivity index (χ4n) is 5.69. The van der Waals surface area contributed by atoms with Gasteiger partial charge in [-0.2, -0.15) is 13.2 Å². The van der Waals surface area contributed by atoms with Crippen molar-refractivity contribution in [2.24, 2.45) is 5.92 Å². The maximum Gasteiger partial charge on any atom is 0.416 e. The zero-order valence-electron chi connectivity index (χ0n) is 20.1. The van der Waals surface area contributed by atoms with Crippen molar-refractivity contribution in [1.82, 2.24) is 15.1 Å². The molecule has 2 fully saturated rings. The van der Waals surface area contributed by atoms with E-state index < -0.39 is 17.7 Å². The van der Waals surface area contributed by atoms with Crippen molar-refractivity contribution in [2.75, 3.05) is 50.7 Å². The van der Waals surface area contributed by atoms with Crippen LogP contribution in [-0.2, 0) is 17.4 Å². The Morgan fingerprint density at radius 1 is 1.06 bits per heavy atom. The number of carbonyl (C=O) groups excluding carboxylic acids is 2. The Hall–Kier alpha value is -3.01. The van der Waals surface area contributed by atoms with E-state index in [1.54, 1.807) is 17.0 Å². The number of piperazine rings is 1. The number of nitrogens with zero attached hydrogens (tertiary/aromatic N) is 3. The SMILES string of the molecule is O=C(NCCN1CCCCC1)C1Cc2cc(C(F)(F)F)ccc2N2CCN(C(=O)c3ccco3)CC12. The van der Waals surface area contributed by atoms with E-state index in [0.29, 0.717) is 37.4 Å². The van der Waals surface area contributed by atoms with Gasteiger partial charge in [-0.3, -0.25) is 9.59 Å². The molecule has 4 heterocycles. The second-order valence-corrected chi connectivity index (χ2v) is 9.83. The van der Waals surface area contributed by atoms with Crippen LogP contribution in [0.3, 0.4) is 0 Å². The van der Waals surface area contributed by atoms with Gasteiger partial charge in [0.2, 0.25) is 5.91 Å². The summed E-state index contributed by atoms with van der Waals surface area (Å²) in [5.74, 6) is -0.772. The van der Waals surface area contributed by atoms with Crippen LogP contribution in [0.2, 0.25) is 0 Å². The minimum atomic E-state index is -4.45. The molecule has 0 aliphatic carbocycles. The number of alkyl halides is 3. The number of hydrogen-bond acceptors (Lipinski definition) is 5. The number of furan rings is 1. The van der Waals surface area contributed by atoms with Gasteiger partial charge >= 0.3 is 6.18 Å². The summed E-state index contributed by atoms with van der Waals surface area (Å²) in [5.41, 5.74) is 0.508. The van der Waals surface area contributed by atoms with Crippen LogP contribution in [0.1, 0.15) is 40.9 Å². The minimum absolute atomic E-state index is 0.183. The highest BCUT2D eigenvalue weighted by Gasteiger charge is 2.43. The van der Waals surface area contributed by atoms with Crippen molar-refractivity contribution in [3.8, 4) is 0 Å². The monoisotopic (exact) mass is 504 g/mol. The molecule has 5 rings (SSSR count). The van der Waals surface area contributed by atoms with Crippen molar-refractivity contribution in [3.63, 3.8) is 0 Å². The van der Waals surface area contributed by atoms with Gasteiger partial charge in [-0.05, 0) is 68.2 Å². The Morgan fingerprint density at radius 2 is 1.86 bits per heavy atom. The average molecular weight is 505 g/mol. The van der Waals surface area contributed by atoms with E-state index in [-0.39, 0.29) is 30.0 Å². The van der Waals surface area contributed by atoms with E-state index in [0.717, 1.165) is 38.5 Å². The van der Waals surface area contributed by atoms with Crippen LogP contribution in [0.5, 0.6) is 0 Å². The topological polar surface area (TPSA) is 69.0 Å². The van der Waals surface area contributed by atoms with Gasteiger partial charge in [0.15, 0.2) is 5.76 Å². The Morgan fingerprint density at radius 3 is 2.58 bits per heavy atom. The first-order valence-electron chi connectivity index (χ1n) is 12.6. The summed E-state index contributed by atoms with van der Waals surface area (Å²) in [4.78, 5) is 32.3. The van der Waals surface area contributed by atoms with Gasteiger partial charge in [-0.25, -0.2) is 0 Å². The molecule has 2 aromatic rings. The number of halogens is 3. The lowest BCUT2D eigenvalue weighted by atomic mass is 9.82. The lowest BCUT2D eigenvalue weighted by Gasteiger charge is -2.49. The van der Waals surface area contributed by atoms with E-state index >= 15 is 0 Å². The highest BCUT2D eigenvalue weighted by Crippen LogP contribution is 2.40. The Kier molecular flexibility index (Phi) is 6.96. The molecule has 36 heavy (non-hydrogen) atoms. The molecule has 10 heteroatoms. The van der Waals surface area contributed by atoms with Gasteiger partial charge < -0.3 is 24.4 Å². The third kappa shape index (κ3) is 5.09. The molecule has 2 unspecified atom stereocenters. The number of amides is 2. The quantitative estimate of drug-likeness (QED) is 0.676. The summed E-state index contributed by atoms with van der Waals surface area (Å²) >= 11 is 0. The Balaban J connectivity index is 1.36. The normalized spacial score (nSPS) is 22.6. The fourth-order valence-corrected chi connectivity index (χ4v) is 5.69. The van der Waals surface area contributed by atoms with Crippen molar-refractivity contribution >= 4 is 17.5 Å². The van der Waals surface area contributed by atoms with Crippen molar-refractivity contribution < 1.29 is 27.2 Å². The summed E-state index contributed by atoms with van der Waals surface area (Å²) in [6.07, 6.45) is 0.730. The van der Waals surface area contributed by atoms with Crippen LogP contribution < -0.4 is 10.2 Å². The molecule has 2 atom stereocenters. The van der Waals surface area contributed by atoms with E-state index in [4.69, 9.17) is 4.42 Å². The molecule has 3 aliphatic rings. The molecule has 2 amide bonds. The van der Waals surface area contributed by atoms with Crippen LogP contribution in [0.15, 0.2) is 41.0 Å². The molecule has 0 radical (unpaired) electrons. The molecule has 1 aromatic heterocycles. The van der Waals surface area contributed by atoms with Gasteiger partial charge in [0, 0.05) is 38.4 Å². The van der Waals surface area contributed by atoms with E-state index in [9.17, 15) is 22.8 Å². The molecule has 1 N–H and O–H groups in total. The van der Waals surface area contributed by atoms with Crippen LogP contribution in [-0.4, -0.2) is 73.5 Å². The Bertz CT molecular complexity index is 1080. The molecule has 0 spiro atoms. The van der Waals surface area contributed by atoms with Gasteiger partial charge in [0.05, 0.1) is 23.8 Å².